The monoisotopic (exact) mass is 260 g/mol. The molecule has 0 aromatic heterocycles. The first kappa shape index (κ1) is 17.9. The standard InChI is InChI=1S/C15H32O3/c1-3-15(2)9-7-5-4-6-8-11-17-13-14-18-12-10-16/h15-16H,3-14H2,1-2H3. The van der Waals surface area contributed by atoms with Crippen LogP contribution in [-0.4, -0.2) is 38.1 Å². The molecule has 0 spiro atoms. The van der Waals surface area contributed by atoms with Crippen LogP contribution in [0.3, 0.4) is 0 Å². The van der Waals surface area contributed by atoms with Crippen molar-refractivity contribution in [2.45, 2.75) is 58.8 Å². The van der Waals surface area contributed by atoms with Crippen LogP contribution in [0.4, 0.5) is 0 Å². The van der Waals surface area contributed by atoms with Gasteiger partial charge < -0.3 is 14.6 Å². The second-order valence-electron chi connectivity index (χ2n) is 5.02. The summed E-state index contributed by atoms with van der Waals surface area (Å²) < 4.78 is 10.5. The molecule has 0 fully saturated rings. The Labute approximate surface area is 113 Å². The van der Waals surface area contributed by atoms with Gasteiger partial charge in [-0.25, -0.2) is 0 Å². The predicted molar refractivity (Wildman–Crippen MR) is 75.9 cm³/mol. The lowest BCUT2D eigenvalue weighted by Crippen LogP contribution is -2.07. The maximum atomic E-state index is 8.49. The SMILES string of the molecule is CCC(C)CCCCCCCOCCOCCO. The Balaban J connectivity index is 2.94. The number of ether oxygens (including phenoxy) is 2. The summed E-state index contributed by atoms with van der Waals surface area (Å²) in [5, 5.41) is 8.49. The third-order valence-corrected chi connectivity index (χ3v) is 3.29. The molecule has 0 aliphatic carbocycles. The van der Waals surface area contributed by atoms with Gasteiger partial charge in [-0.1, -0.05) is 52.4 Å². The molecule has 3 heteroatoms. The molecule has 0 aliphatic heterocycles. The van der Waals surface area contributed by atoms with Gasteiger partial charge >= 0.3 is 0 Å². The average molecular weight is 260 g/mol. The fraction of sp³-hybridized carbons (Fsp3) is 1.00. The van der Waals surface area contributed by atoms with Crippen LogP contribution in [0, 0.1) is 5.92 Å². The van der Waals surface area contributed by atoms with Crippen molar-refractivity contribution >= 4 is 0 Å². The minimum Gasteiger partial charge on any atom is -0.394 e. The molecule has 0 rings (SSSR count). The highest BCUT2D eigenvalue weighted by Gasteiger charge is 1.98. The zero-order chi connectivity index (χ0) is 13.5. The molecule has 1 N–H and O–H groups in total. The largest absolute Gasteiger partial charge is 0.394 e. The van der Waals surface area contributed by atoms with Crippen molar-refractivity contribution in [1.29, 1.82) is 0 Å². The molecule has 0 heterocycles. The number of unbranched alkanes of at least 4 members (excludes halogenated alkanes) is 4. The summed E-state index contributed by atoms with van der Waals surface area (Å²) in [6.45, 7) is 7.20. The molecule has 0 aromatic carbocycles. The van der Waals surface area contributed by atoms with Crippen molar-refractivity contribution in [2.24, 2.45) is 5.92 Å². The van der Waals surface area contributed by atoms with Crippen molar-refractivity contribution in [3.8, 4) is 0 Å². The maximum Gasteiger partial charge on any atom is 0.0701 e. The van der Waals surface area contributed by atoms with E-state index in [1.807, 2.05) is 0 Å². The van der Waals surface area contributed by atoms with Crippen molar-refractivity contribution in [2.75, 3.05) is 33.0 Å². The van der Waals surface area contributed by atoms with Crippen LogP contribution in [0.15, 0.2) is 0 Å². The molecule has 0 aromatic rings. The fourth-order valence-electron chi connectivity index (χ4n) is 1.82. The van der Waals surface area contributed by atoms with E-state index in [9.17, 15) is 0 Å². The first-order chi connectivity index (χ1) is 8.81. The van der Waals surface area contributed by atoms with Gasteiger partial charge in [-0.05, 0) is 12.3 Å². The van der Waals surface area contributed by atoms with Gasteiger partial charge in [-0.3, -0.25) is 0 Å². The molecule has 0 saturated carbocycles. The highest BCUT2D eigenvalue weighted by Crippen LogP contribution is 2.13. The predicted octanol–water partition coefficient (Wildman–Crippen LogP) is 3.40. The summed E-state index contributed by atoms with van der Waals surface area (Å²) in [7, 11) is 0. The number of rotatable bonds is 14. The van der Waals surface area contributed by atoms with Crippen LogP contribution in [0.2, 0.25) is 0 Å². The zero-order valence-electron chi connectivity index (χ0n) is 12.3. The van der Waals surface area contributed by atoms with Crippen LogP contribution >= 0.6 is 0 Å². The molecule has 110 valence electrons. The zero-order valence-corrected chi connectivity index (χ0v) is 12.3. The van der Waals surface area contributed by atoms with E-state index in [1.54, 1.807) is 0 Å². The van der Waals surface area contributed by atoms with Crippen LogP contribution in [0.1, 0.15) is 58.8 Å². The molecule has 0 amide bonds. The Morgan fingerprint density at radius 3 is 2.11 bits per heavy atom. The first-order valence-electron chi connectivity index (χ1n) is 7.57. The molecule has 3 nitrogen and oxygen atoms in total. The molecule has 0 radical (unpaired) electrons. The highest BCUT2D eigenvalue weighted by molar-refractivity contribution is 4.51. The van der Waals surface area contributed by atoms with Gasteiger partial charge in [-0.2, -0.15) is 0 Å². The average Bonchev–Trinajstić information content (AvgIpc) is 2.39. The third-order valence-electron chi connectivity index (χ3n) is 3.29. The number of hydrogen-bond acceptors (Lipinski definition) is 3. The van der Waals surface area contributed by atoms with Crippen molar-refractivity contribution in [1.82, 2.24) is 0 Å². The van der Waals surface area contributed by atoms with Crippen molar-refractivity contribution < 1.29 is 14.6 Å². The molecule has 0 aliphatic rings. The minimum atomic E-state index is 0.0939. The van der Waals surface area contributed by atoms with Gasteiger partial charge in [0.1, 0.15) is 0 Å². The van der Waals surface area contributed by atoms with Crippen LogP contribution < -0.4 is 0 Å². The first-order valence-corrected chi connectivity index (χ1v) is 7.57. The van der Waals surface area contributed by atoms with Gasteiger partial charge in [-0.15, -0.1) is 0 Å². The fourth-order valence-corrected chi connectivity index (χ4v) is 1.82. The lowest BCUT2D eigenvalue weighted by atomic mass is 10.0. The van der Waals surface area contributed by atoms with Crippen molar-refractivity contribution in [3.63, 3.8) is 0 Å². The Bertz CT molecular complexity index is 151. The third kappa shape index (κ3) is 13.9. The van der Waals surface area contributed by atoms with Gasteiger partial charge in [0.05, 0.1) is 26.4 Å². The second kappa shape index (κ2) is 14.9. The molecular formula is C15H32O3. The quantitative estimate of drug-likeness (QED) is 0.486. The highest BCUT2D eigenvalue weighted by atomic mass is 16.5. The molecule has 0 saturated heterocycles. The van der Waals surface area contributed by atoms with Crippen LogP contribution in [0.25, 0.3) is 0 Å². The maximum absolute atomic E-state index is 8.49. The molecule has 1 atom stereocenters. The normalized spacial score (nSPS) is 12.8. The van der Waals surface area contributed by atoms with Gasteiger partial charge in [0.15, 0.2) is 0 Å². The van der Waals surface area contributed by atoms with Crippen LogP contribution in [-0.2, 0) is 9.47 Å². The molecule has 18 heavy (non-hydrogen) atoms. The van der Waals surface area contributed by atoms with E-state index in [-0.39, 0.29) is 6.61 Å². The number of aliphatic hydroxyl groups is 1. The Kier molecular flexibility index (Phi) is 14.8. The summed E-state index contributed by atoms with van der Waals surface area (Å²) >= 11 is 0. The Morgan fingerprint density at radius 1 is 0.833 bits per heavy atom. The number of hydrogen-bond donors (Lipinski definition) is 1. The summed E-state index contributed by atoms with van der Waals surface area (Å²) in [6.07, 6.45) is 9.21. The van der Waals surface area contributed by atoms with E-state index in [4.69, 9.17) is 14.6 Å². The summed E-state index contributed by atoms with van der Waals surface area (Å²) in [4.78, 5) is 0. The Hall–Kier alpha value is -0.120. The molecular weight excluding hydrogens is 228 g/mol. The molecule has 0 bridgehead atoms. The number of aliphatic hydroxyl groups excluding tert-OH is 1. The van der Waals surface area contributed by atoms with Crippen molar-refractivity contribution in [3.05, 3.63) is 0 Å². The topological polar surface area (TPSA) is 38.7 Å². The smallest absolute Gasteiger partial charge is 0.0701 e. The van der Waals surface area contributed by atoms with E-state index < -0.39 is 0 Å². The lowest BCUT2D eigenvalue weighted by molar-refractivity contribution is 0.0320. The van der Waals surface area contributed by atoms with Gasteiger partial charge in [0.25, 0.3) is 0 Å². The minimum absolute atomic E-state index is 0.0939. The van der Waals surface area contributed by atoms with E-state index in [1.165, 1.54) is 38.5 Å². The van der Waals surface area contributed by atoms with Gasteiger partial charge in [0.2, 0.25) is 0 Å². The second-order valence-corrected chi connectivity index (χ2v) is 5.02. The Morgan fingerprint density at radius 2 is 1.44 bits per heavy atom. The molecule has 1 unspecified atom stereocenters. The van der Waals surface area contributed by atoms with E-state index >= 15 is 0 Å². The van der Waals surface area contributed by atoms with E-state index in [2.05, 4.69) is 13.8 Å². The summed E-state index contributed by atoms with van der Waals surface area (Å²) in [5.74, 6) is 0.896. The summed E-state index contributed by atoms with van der Waals surface area (Å²) in [5.41, 5.74) is 0. The lowest BCUT2D eigenvalue weighted by Gasteiger charge is -2.07. The van der Waals surface area contributed by atoms with E-state index in [0.717, 1.165) is 18.9 Å². The summed E-state index contributed by atoms with van der Waals surface area (Å²) in [6, 6.07) is 0. The van der Waals surface area contributed by atoms with Gasteiger partial charge in [0, 0.05) is 6.61 Å². The van der Waals surface area contributed by atoms with Crippen LogP contribution in [0.5, 0.6) is 0 Å². The van der Waals surface area contributed by atoms with E-state index in [0.29, 0.717) is 19.8 Å².